The van der Waals surface area contributed by atoms with Gasteiger partial charge in [0.25, 0.3) is 0 Å². The molecule has 0 saturated heterocycles. The SMILES string of the molecule is Cc1ccc2c(c1)C(NC(=O)N(C)CC(O)C1CC1)C(C)C2. The number of amides is 2. The fourth-order valence-electron chi connectivity index (χ4n) is 3.42. The van der Waals surface area contributed by atoms with Crippen LogP contribution in [0.15, 0.2) is 18.2 Å². The standard InChI is InChI=1S/C18H26N2O2/c1-11-4-5-14-9-12(2)17(15(14)8-11)19-18(22)20(3)10-16(21)13-6-7-13/h4-5,8,12-13,16-17,21H,6-7,9-10H2,1-3H3,(H,19,22). The van der Waals surface area contributed by atoms with Gasteiger partial charge in [0.05, 0.1) is 12.1 Å². The zero-order valence-corrected chi connectivity index (χ0v) is 13.7. The summed E-state index contributed by atoms with van der Waals surface area (Å²) in [5.74, 6) is 0.798. The summed E-state index contributed by atoms with van der Waals surface area (Å²) in [6.07, 6.45) is 2.80. The maximum absolute atomic E-state index is 12.4. The zero-order valence-electron chi connectivity index (χ0n) is 13.7. The fourth-order valence-corrected chi connectivity index (χ4v) is 3.42. The van der Waals surface area contributed by atoms with Crippen molar-refractivity contribution in [1.29, 1.82) is 0 Å². The summed E-state index contributed by atoms with van der Waals surface area (Å²) in [6, 6.07) is 6.47. The quantitative estimate of drug-likeness (QED) is 0.898. The van der Waals surface area contributed by atoms with Crippen molar-refractivity contribution >= 4 is 6.03 Å². The molecular weight excluding hydrogens is 276 g/mol. The third-order valence-electron chi connectivity index (χ3n) is 5.00. The summed E-state index contributed by atoms with van der Waals surface area (Å²) in [4.78, 5) is 14.0. The van der Waals surface area contributed by atoms with Gasteiger partial charge in [-0.2, -0.15) is 0 Å². The topological polar surface area (TPSA) is 52.6 Å². The van der Waals surface area contributed by atoms with E-state index < -0.39 is 0 Å². The lowest BCUT2D eigenvalue weighted by Gasteiger charge is -2.25. The molecule has 3 atom stereocenters. The lowest BCUT2D eigenvalue weighted by molar-refractivity contribution is 0.112. The van der Waals surface area contributed by atoms with E-state index in [9.17, 15) is 9.90 Å². The Morgan fingerprint density at radius 2 is 2.18 bits per heavy atom. The second kappa shape index (κ2) is 5.92. The van der Waals surface area contributed by atoms with Crippen molar-refractivity contribution in [2.24, 2.45) is 11.8 Å². The van der Waals surface area contributed by atoms with Crippen LogP contribution in [0.4, 0.5) is 4.79 Å². The largest absolute Gasteiger partial charge is 0.391 e. The van der Waals surface area contributed by atoms with Crippen LogP contribution in [0.5, 0.6) is 0 Å². The number of likely N-dealkylation sites (N-methyl/N-ethyl adjacent to an activating group) is 1. The molecule has 0 aromatic heterocycles. The number of carbonyl (C=O) groups excluding carboxylic acids is 1. The Morgan fingerprint density at radius 1 is 1.45 bits per heavy atom. The number of nitrogens with zero attached hydrogens (tertiary/aromatic N) is 1. The van der Waals surface area contributed by atoms with Gasteiger partial charge in [0, 0.05) is 13.6 Å². The minimum absolute atomic E-state index is 0.0721. The van der Waals surface area contributed by atoms with E-state index in [-0.39, 0.29) is 18.2 Å². The van der Waals surface area contributed by atoms with Crippen LogP contribution in [-0.4, -0.2) is 35.7 Å². The van der Waals surface area contributed by atoms with Crippen LogP contribution in [-0.2, 0) is 6.42 Å². The summed E-state index contributed by atoms with van der Waals surface area (Å²) in [7, 11) is 1.76. The van der Waals surface area contributed by atoms with Gasteiger partial charge in [0.2, 0.25) is 0 Å². The second-order valence-corrected chi connectivity index (χ2v) is 7.10. The minimum Gasteiger partial charge on any atom is -0.391 e. The highest BCUT2D eigenvalue weighted by atomic mass is 16.3. The van der Waals surface area contributed by atoms with Gasteiger partial charge in [-0.3, -0.25) is 0 Å². The molecule has 2 amide bonds. The number of aryl methyl sites for hydroxylation is 1. The summed E-state index contributed by atoms with van der Waals surface area (Å²) in [6.45, 7) is 4.68. The van der Waals surface area contributed by atoms with Crippen molar-refractivity contribution in [2.75, 3.05) is 13.6 Å². The highest BCUT2D eigenvalue weighted by Crippen LogP contribution is 2.36. The highest BCUT2D eigenvalue weighted by molar-refractivity contribution is 5.74. The number of aliphatic hydroxyl groups excluding tert-OH is 1. The number of benzene rings is 1. The van der Waals surface area contributed by atoms with Gasteiger partial charge in [-0.15, -0.1) is 0 Å². The molecule has 1 aromatic carbocycles. The predicted molar refractivity (Wildman–Crippen MR) is 86.7 cm³/mol. The molecule has 3 unspecified atom stereocenters. The number of fused-ring (bicyclic) bond motifs is 1. The molecule has 0 aliphatic heterocycles. The monoisotopic (exact) mass is 302 g/mol. The molecule has 3 rings (SSSR count). The average Bonchev–Trinajstić information content (AvgIpc) is 3.27. The molecule has 0 heterocycles. The third kappa shape index (κ3) is 3.12. The highest BCUT2D eigenvalue weighted by Gasteiger charge is 2.33. The van der Waals surface area contributed by atoms with Crippen LogP contribution in [0.2, 0.25) is 0 Å². The van der Waals surface area contributed by atoms with E-state index in [1.54, 1.807) is 11.9 Å². The maximum atomic E-state index is 12.4. The van der Waals surface area contributed by atoms with Gasteiger partial charge >= 0.3 is 6.03 Å². The first-order chi connectivity index (χ1) is 10.5. The van der Waals surface area contributed by atoms with Crippen molar-refractivity contribution in [3.05, 3.63) is 34.9 Å². The van der Waals surface area contributed by atoms with Crippen molar-refractivity contribution in [1.82, 2.24) is 10.2 Å². The Morgan fingerprint density at radius 3 is 2.86 bits per heavy atom. The summed E-state index contributed by atoms with van der Waals surface area (Å²) >= 11 is 0. The Kier molecular flexibility index (Phi) is 4.13. The van der Waals surface area contributed by atoms with Crippen LogP contribution in [0, 0.1) is 18.8 Å². The molecule has 22 heavy (non-hydrogen) atoms. The van der Waals surface area contributed by atoms with E-state index in [1.807, 2.05) is 0 Å². The molecule has 2 aliphatic carbocycles. The Hall–Kier alpha value is -1.55. The second-order valence-electron chi connectivity index (χ2n) is 7.10. The number of urea groups is 1. The van der Waals surface area contributed by atoms with Crippen LogP contribution < -0.4 is 5.32 Å². The molecule has 2 N–H and O–H groups in total. The summed E-state index contributed by atoms with van der Waals surface area (Å²) < 4.78 is 0. The molecule has 4 heteroatoms. The maximum Gasteiger partial charge on any atom is 0.317 e. The van der Waals surface area contributed by atoms with Gasteiger partial charge in [0.15, 0.2) is 0 Å². The van der Waals surface area contributed by atoms with Crippen LogP contribution in [0.1, 0.15) is 42.5 Å². The van der Waals surface area contributed by atoms with Gasteiger partial charge in [-0.25, -0.2) is 4.79 Å². The van der Waals surface area contributed by atoms with Gasteiger partial charge in [-0.1, -0.05) is 30.7 Å². The van der Waals surface area contributed by atoms with E-state index in [1.165, 1.54) is 16.7 Å². The smallest absolute Gasteiger partial charge is 0.317 e. The van der Waals surface area contributed by atoms with Gasteiger partial charge < -0.3 is 15.3 Å². The molecule has 0 bridgehead atoms. The average molecular weight is 302 g/mol. The van der Waals surface area contributed by atoms with Crippen LogP contribution in [0.3, 0.4) is 0 Å². The first kappa shape index (κ1) is 15.3. The van der Waals surface area contributed by atoms with E-state index >= 15 is 0 Å². The Bertz CT molecular complexity index is 568. The fraction of sp³-hybridized carbons (Fsp3) is 0.611. The van der Waals surface area contributed by atoms with E-state index in [0.29, 0.717) is 18.4 Å². The van der Waals surface area contributed by atoms with Crippen LogP contribution in [0.25, 0.3) is 0 Å². The molecule has 4 nitrogen and oxygen atoms in total. The lowest BCUT2D eigenvalue weighted by atomic mass is 10.0. The molecule has 2 aliphatic rings. The molecule has 1 fully saturated rings. The normalized spacial score (nSPS) is 24.7. The number of aliphatic hydroxyl groups is 1. The van der Waals surface area contributed by atoms with E-state index in [4.69, 9.17) is 0 Å². The van der Waals surface area contributed by atoms with Crippen molar-refractivity contribution < 1.29 is 9.90 Å². The zero-order chi connectivity index (χ0) is 15.9. The molecule has 1 aromatic rings. The number of carbonyl (C=O) groups is 1. The summed E-state index contributed by atoms with van der Waals surface area (Å²) in [5.41, 5.74) is 3.81. The van der Waals surface area contributed by atoms with Gasteiger partial charge in [-0.05, 0) is 49.1 Å². The molecule has 0 spiro atoms. The van der Waals surface area contributed by atoms with E-state index in [2.05, 4.69) is 37.4 Å². The summed E-state index contributed by atoms with van der Waals surface area (Å²) in [5, 5.41) is 13.1. The molecular formula is C18H26N2O2. The first-order valence-electron chi connectivity index (χ1n) is 8.25. The van der Waals surface area contributed by atoms with Crippen molar-refractivity contribution in [3.63, 3.8) is 0 Å². The number of rotatable bonds is 4. The minimum atomic E-state index is -0.383. The molecule has 0 radical (unpaired) electrons. The first-order valence-corrected chi connectivity index (χ1v) is 8.25. The Balaban J connectivity index is 1.65. The van der Waals surface area contributed by atoms with Crippen LogP contribution >= 0.6 is 0 Å². The van der Waals surface area contributed by atoms with Crippen molar-refractivity contribution in [3.8, 4) is 0 Å². The van der Waals surface area contributed by atoms with E-state index in [0.717, 1.165) is 19.3 Å². The number of nitrogens with one attached hydrogen (secondary N) is 1. The number of hydrogen-bond acceptors (Lipinski definition) is 2. The molecule has 1 saturated carbocycles. The van der Waals surface area contributed by atoms with Crippen molar-refractivity contribution in [2.45, 2.75) is 45.3 Å². The Labute approximate surface area is 132 Å². The third-order valence-corrected chi connectivity index (χ3v) is 5.00. The molecule has 120 valence electrons. The van der Waals surface area contributed by atoms with Gasteiger partial charge in [0.1, 0.15) is 0 Å². The number of hydrogen-bond donors (Lipinski definition) is 2. The lowest BCUT2D eigenvalue weighted by Crippen LogP contribution is -2.43. The predicted octanol–water partition coefficient (Wildman–Crippen LogP) is 2.64.